The van der Waals surface area contributed by atoms with Crippen LogP contribution in [-0.4, -0.2) is 0 Å². The summed E-state index contributed by atoms with van der Waals surface area (Å²) in [7, 11) is 0. The number of hydrogen-bond acceptors (Lipinski definition) is 0. The topological polar surface area (TPSA) is 0 Å². The van der Waals surface area contributed by atoms with Crippen molar-refractivity contribution in [1.82, 2.24) is 0 Å². The molecule has 0 aliphatic heterocycles. The fourth-order valence-corrected chi connectivity index (χ4v) is 4.39. The molecule has 31 heavy (non-hydrogen) atoms. The van der Waals surface area contributed by atoms with E-state index in [-0.39, 0.29) is 17.0 Å². The third kappa shape index (κ3) is 4.30. The lowest BCUT2D eigenvalue weighted by molar-refractivity contribution is 0.307. The lowest BCUT2D eigenvalue weighted by Crippen LogP contribution is -2.16. The van der Waals surface area contributed by atoms with Crippen molar-refractivity contribution in [2.45, 2.75) is 44.9 Å². The summed E-state index contributed by atoms with van der Waals surface area (Å²) in [5.41, 5.74) is -0.159. The Kier molecular flexibility index (Phi) is 6.00. The van der Waals surface area contributed by atoms with E-state index in [1.54, 1.807) is 12.1 Å². The maximum Gasteiger partial charge on any atom is 0.174 e. The Bertz CT molecular complexity index is 1190. The van der Waals surface area contributed by atoms with E-state index in [1.165, 1.54) is 6.07 Å². The second-order valence-corrected chi connectivity index (χ2v) is 8.15. The number of hydrogen-bond donors (Lipinski definition) is 0. The lowest BCUT2D eigenvalue weighted by Gasteiger charge is -2.28. The summed E-state index contributed by atoms with van der Waals surface area (Å²) >= 11 is 0. The van der Waals surface area contributed by atoms with Crippen LogP contribution < -0.4 is 0 Å². The van der Waals surface area contributed by atoms with Crippen molar-refractivity contribution < 1.29 is 22.0 Å². The zero-order valence-electron chi connectivity index (χ0n) is 17.0. The van der Waals surface area contributed by atoms with Crippen molar-refractivity contribution in [3.05, 3.63) is 82.2 Å². The van der Waals surface area contributed by atoms with Gasteiger partial charge in [-0.2, -0.15) is 0 Å². The van der Waals surface area contributed by atoms with Crippen molar-refractivity contribution in [3.63, 3.8) is 0 Å². The maximum absolute atomic E-state index is 14.7. The van der Waals surface area contributed by atoms with Gasteiger partial charge in [0.25, 0.3) is 0 Å². The zero-order chi connectivity index (χ0) is 22.1. The van der Waals surface area contributed by atoms with Gasteiger partial charge in [0.2, 0.25) is 0 Å². The summed E-state index contributed by atoms with van der Waals surface area (Å²) in [5.74, 6) is 0.319. The molecule has 0 atom stereocenters. The highest BCUT2D eigenvalue weighted by molar-refractivity contribution is 5.84. The summed E-state index contributed by atoms with van der Waals surface area (Å²) < 4.78 is 70.9. The smallest absolute Gasteiger partial charge is 0.174 e. The number of rotatable bonds is 2. The highest BCUT2D eigenvalue weighted by Gasteiger charge is 2.28. The van der Waals surface area contributed by atoms with Gasteiger partial charge in [-0.25, -0.2) is 22.0 Å². The largest absolute Gasteiger partial charge is 0.207 e. The molecular formula is C26H21F5. The Hall–Kier alpha value is -2.87. The molecule has 0 saturated heterocycles. The van der Waals surface area contributed by atoms with Crippen LogP contribution in [0.25, 0.3) is 10.8 Å². The van der Waals surface area contributed by atoms with Gasteiger partial charge >= 0.3 is 0 Å². The maximum atomic E-state index is 14.7. The van der Waals surface area contributed by atoms with Crippen LogP contribution >= 0.6 is 0 Å². The molecule has 3 aromatic carbocycles. The van der Waals surface area contributed by atoms with Gasteiger partial charge in [0.1, 0.15) is 5.82 Å². The van der Waals surface area contributed by atoms with Gasteiger partial charge in [-0.05, 0) is 78.6 Å². The number of benzene rings is 3. The normalized spacial score (nSPS) is 18.6. The Morgan fingerprint density at radius 3 is 2.10 bits per heavy atom. The van der Waals surface area contributed by atoms with E-state index in [9.17, 15) is 22.0 Å². The van der Waals surface area contributed by atoms with E-state index in [0.717, 1.165) is 37.5 Å². The molecular weight excluding hydrogens is 407 g/mol. The first-order valence-electron chi connectivity index (χ1n) is 10.5. The quantitative estimate of drug-likeness (QED) is 0.224. The molecule has 0 amide bonds. The Morgan fingerprint density at radius 2 is 1.42 bits per heavy atom. The van der Waals surface area contributed by atoms with E-state index in [1.807, 2.05) is 0 Å². The third-order valence-electron chi connectivity index (χ3n) is 6.25. The van der Waals surface area contributed by atoms with E-state index in [0.29, 0.717) is 35.1 Å². The van der Waals surface area contributed by atoms with Crippen molar-refractivity contribution in [1.29, 1.82) is 0 Å². The molecule has 1 saturated carbocycles. The molecule has 1 aliphatic rings. The summed E-state index contributed by atoms with van der Waals surface area (Å²) in [6, 6.07) is 7.67. The first kappa shape index (κ1) is 21.4. The minimum absolute atomic E-state index is 0.180. The molecule has 0 aromatic heterocycles. The van der Waals surface area contributed by atoms with Crippen molar-refractivity contribution >= 4 is 10.8 Å². The third-order valence-corrected chi connectivity index (χ3v) is 6.25. The molecule has 0 nitrogen and oxygen atoms in total. The molecule has 0 unspecified atom stereocenters. The standard InChI is InChI=1S/C26H21F5/c1-2-15-3-7-17(8-4-15)24-23(29)13-19(25(30)26(24)31)10-6-16-5-9-18-12-21(27)22(28)14-20(18)11-16/h5,9,11-15,17H,2-4,7-8H2,1H3. The van der Waals surface area contributed by atoms with Crippen molar-refractivity contribution in [2.75, 3.05) is 0 Å². The molecule has 1 fully saturated rings. The Balaban J connectivity index is 1.64. The van der Waals surface area contributed by atoms with Gasteiger partial charge in [0, 0.05) is 11.1 Å². The molecule has 0 N–H and O–H groups in total. The average molecular weight is 428 g/mol. The molecule has 5 heteroatoms. The van der Waals surface area contributed by atoms with Crippen LogP contribution in [0.15, 0.2) is 36.4 Å². The Morgan fingerprint density at radius 1 is 0.742 bits per heavy atom. The van der Waals surface area contributed by atoms with E-state index in [2.05, 4.69) is 18.8 Å². The predicted molar refractivity (Wildman–Crippen MR) is 111 cm³/mol. The van der Waals surface area contributed by atoms with Gasteiger partial charge in [0.15, 0.2) is 23.3 Å². The fraction of sp³-hybridized carbons (Fsp3) is 0.308. The second kappa shape index (κ2) is 8.70. The van der Waals surface area contributed by atoms with Crippen LogP contribution in [0, 0.1) is 46.8 Å². The highest BCUT2D eigenvalue weighted by Crippen LogP contribution is 2.39. The summed E-state index contributed by atoms with van der Waals surface area (Å²) in [6.07, 6.45) is 4.10. The number of fused-ring (bicyclic) bond motifs is 1. The molecule has 0 radical (unpaired) electrons. The second-order valence-electron chi connectivity index (χ2n) is 8.15. The molecule has 1 aliphatic carbocycles. The highest BCUT2D eigenvalue weighted by atomic mass is 19.2. The minimum Gasteiger partial charge on any atom is -0.207 e. The van der Waals surface area contributed by atoms with Crippen molar-refractivity contribution in [2.24, 2.45) is 5.92 Å². The van der Waals surface area contributed by atoms with Crippen LogP contribution in [0.1, 0.15) is 61.6 Å². The van der Waals surface area contributed by atoms with Gasteiger partial charge in [-0.15, -0.1) is 0 Å². The zero-order valence-corrected chi connectivity index (χ0v) is 17.0. The molecule has 160 valence electrons. The molecule has 0 spiro atoms. The summed E-state index contributed by atoms with van der Waals surface area (Å²) in [4.78, 5) is 0. The predicted octanol–water partition coefficient (Wildman–Crippen LogP) is 7.62. The number of halogens is 5. The van der Waals surface area contributed by atoms with E-state index < -0.39 is 29.1 Å². The van der Waals surface area contributed by atoms with Crippen LogP contribution in [0.4, 0.5) is 22.0 Å². The van der Waals surface area contributed by atoms with Crippen LogP contribution in [0.5, 0.6) is 0 Å². The monoisotopic (exact) mass is 428 g/mol. The van der Waals surface area contributed by atoms with Gasteiger partial charge in [0.05, 0.1) is 5.56 Å². The first-order chi connectivity index (χ1) is 14.9. The van der Waals surface area contributed by atoms with E-state index in [4.69, 9.17) is 0 Å². The van der Waals surface area contributed by atoms with Crippen LogP contribution in [0.3, 0.4) is 0 Å². The molecule has 0 heterocycles. The van der Waals surface area contributed by atoms with E-state index >= 15 is 0 Å². The molecule has 3 aromatic rings. The average Bonchev–Trinajstić information content (AvgIpc) is 2.76. The first-order valence-corrected chi connectivity index (χ1v) is 10.5. The molecule has 4 rings (SSSR count). The van der Waals surface area contributed by atoms with Gasteiger partial charge < -0.3 is 0 Å². The van der Waals surface area contributed by atoms with Gasteiger partial charge in [-0.1, -0.05) is 31.3 Å². The van der Waals surface area contributed by atoms with Crippen molar-refractivity contribution in [3.8, 4) is 11.8 Å². The van der Waals surface area contributed by atoms with Gasteiger partial charge in [-0.3, -0.25) is 0 Å². The lowest BCUT2D eigenvalue weighted by atomic mass is 9.77. The summed E-state index contributed by atoms with van der Waals surface area (Å²) in [6.45, 7) is 2.10. The van der Waals surface area contributed by atoms with Crippen LogP contribution in [-0.2, 0) is 0 Å². The Labute approximate surface area is 178 Å². The SMILES string of the molecule is CCC1CCC(c2c(F)cc(C#Cc3ccc4cc(F)c(F)cc4c3)c(F)c2F)CC1. The minimum atomic E-state index is -1.17. The summed E-state index contributed by atoms with van der Waals surface area (Å²) in [5, 5.41) is 0.899. The fourth-order valence-electron chi connectivity index (χ4n) is 4.39. The van der Waals surface area contributed by atoms with Crippen LogP contribution in [0.2, 0.25) is 0 Å². The molecule has 0 bridgehead atoms.